The fourth-order valence-electron chi connectivity index (χ4n) is 0.715. The minimum atomic E-state index is -0.757. The van der Waals surface area contributed by atoms with Crippen molar-refractivity contribution in [3.63, 3.8) is 0 Å². The summed E-state index contributed by atoms with van der Waals surface area (Å²) in [7, 11) is 0. The van der Waals surface area contributed by atoms with Crippen LogP contribution in [0.2, 0.25) is 0 Å². The number of aliphatic carboxylic acids is 1. The van der Waals surface area contributed by atoms with E-state index in [-0.39, 0.29) is 5.78 Å². The Morgan fingerprint density at radius 1 is 1.12 bits per heavy atom. The summed E-state index contributed by atoms with van der Waals surface area (Å²) in [5.74, 6) is -0.992. The molecule has 0 aliphatic rings. The predicted octanol–water partition coefficient (Wildman–Crippen LogP) is 1.98. The van der Waals surface area contributed by atoms with Gasteiger partial charge >= 0.3 is 5.97 Å². The second-order valence-electron chi connectivity index (χ2n) is 4.50. The third kappa shape index (κ3) is 6.48. The standard InChI is InChI=1S/C8H8O2.C5H10O2/c9-6-8(10)7-4-2-1-3-5-7;1-5(2,3)4(6)7/h1-5,9H,6H2;1-3H3,(H,6,7). The summed E-state index contributed by atoms with van der Waals surface area (Å²) in [6.45, 7) is 4.57. The number of ketones is 1. The average Bonchev–Trinajstić information content (AvgIpc) is 2.28. The van der Waals surface area contributed by atoms with Gasteiger partial charge in [0.1, 0.15) is 6.61 Å². The minimum Gasteiger partial charge on any atom is -0.481 e. The fraction of sp³-hybridized carbons (Fsp3) is 0.385. The average molecular weight is 238 g/mol. The molecule has 2 N–H and O–H groups in total. The maximum Gasteiger partial charge on any atom is 0.308 e. The Hall–Kier alpha value is -1.68. The van der Waals surface area contributed by atoms with Crippen molar-refractivity contribution in [2.75, 3.05) is 6.61 Å². The Morgan fingerprint density at radius 2 is 1.53 bits per heavy atom. The quantitative estimate of drug-likeness (QED) is 0.772. The van der Waals surface area contributed by atoms with Gasteiger partial charge in [-0.2, -0.15) is 0 Å². The van der Waals surface area contributed by atoms with Gasteiger partial charge < -0.3 is 10.2 Å². The minimum absolute atomic E-state index is 0.236. The van der Waals surface area contributed by atoms with Gasteiger partial charge in [-0.05, 0) is 20.8 Å². The summed E-state index contributed by atoms with van der Waals surface area (Å²) < 4.78 is 0. The Kier molecular flexibility index (Phi) is 6.13. The number of Topliss-reactive ketones (excluding diaryl/α,β-unsaturated/α-hetero) is 1. The molecule has 0 aromatic heterocycles. The molecule has 0 aliphatic carbocycles. The van der Waals surface area contributed by atoms with Crippen molar-refractivity contribution in [3.8, 4) is 0 Å². The highest BCUT2D eigenvalue weighted by Crippen LogP contribution is 2.11. The Bertz CT molecular complexity index is 363. The Morgan fingerprint density at radius 3 is 1.82 bits per heavy atom. The van der Waals surface area contributed by atoms with Crippen LogP contribution in [-0.2, 0) is 4.79 Å². The molecule has 0 unspecified atom stereocenters. The van der Waals surface area contributed by atoms with E-state index in [1.54, 1.807) is 45.0 Å². The maximum atomic E-state index is 10.8. The zero-order valence-electron chi connectivity index (χ0n) is 10.3. The molecular weight excluding hydrogens is 220 g/mol. The number of carbonyl (C=O) groups excluding carboxylic acids is 1. The molecule has 4 heteroatoms. The van der Waals surface area contributed by atoms with Crippen LogP contribution in [0.4, 0.5) is 0 Å². The van der Waals surface area contributed by atoms with Crippen molar-refractivity contribution in [2.45, 2.75) is 20.8 Å². The number of carboxylic acids is 1. The Balaban J connectivity index is 0.000000325. The highest BCUT2D eigenvalue weighted by molar-refractivity contribution is 5.96. The number of rotatable bonds is 2. The van der Waals surface area contributed by atoms with E-state index in [1.165, 1.54) is 0 Å². The van der Waals surface area contributed by atoms with Gasteiger partial charge in [0, 0.05) is 5.56 Å². The second-order valence-corrected chi connectivity index (χ2v) is 4.50. The molecule has 1 aromatic carbocycles. The van der Waals surface area contributed by atoms with Crippen molar-refractivity contribution >= 4 is 11.8 Å². The number of aliphatic hydroxyl groups is 1. The first-order valence-corrected chi connectivity index (χ1v) is 5.21. The maximum absolute atomic E-state index is 10.8. The van der Waals surface area contributed by atoms with Gasteiger partial charge in [-0.1, -0.05) is 30.3 Å². The molecule has 0 amide bonds. The van der Waals surface area contributed by atoms with Gasteiger partial charge in [-0.3, -0.25) is 9.59 Å². The molecule has 0 fully saturated rings. The van der Waals surface area contributed by atoms with Gasteiger partial charge in [0.2, 0.25) is 0 Å². The van der Waals surface area contributed by atoms with Gasteiger partial charge in [0.05, 0.1) is 5.41 Å². The van der Waals surface area contributed by atoms with E-state index < -0.39 is 18.0 Å². The third-order valence-corrected chi connectivity index (χ3v) is 1.88. The number of carbonyl (C=O) groups is 2. The predicted molar refractivity (Wildman–Crippen MR) is 64.9 cm³/mol. The highest BCUT2D eigenvalue weighted by Gasteiger charge is 2.18. The molecule has 0 saturated heterocycles. The van der Waals surface area contributed by atoms with E-state index in [4.69, 9.17) is 10.2 Å². The molecule has 0 bridgehead atoms. The lowest BCUT2D eigenvalue weighted by molar-refractivity contribution is -0.145. The largest absolute Gasteiger partial charge is 0.481 e. The zero-order chi connectivity index (χ0) is 13.5. The molecule has 0 atom stereocenters. The van der Waals surface area contributed by atoms with E-state index in [0.29, 0.717) is 5.56 Å². The monoisotopic (exact) mass is 238 g/mol. The van der Waals surface area contributed by atoms with Crippen LogP contribution in [0.5, 0.6) is 0 Å². The van der Waals surface area contributed by atoms with Crippen LogP contribution >= 0.6 is 0 Å². The molecule has 0 radical (unpaired) electrons. The van der Waals surface area contributed by atoms with Crippen LogP contribution in [0.1, 0.15) is 31.1 Å². The lowest BCUT2D eigenvalue weighted by Gasteiger charge is -2.08. The van der Waals surface area contributed by atoms with E-state index in [0.717, 1.165) is 0 Å². The van der Waals surface area contributed by atoms with E-state index in [9.17, 15) is 9.59 Å². The van der Waals surface area contributed by atoms with Gasteiger partial charge in [-0.25, -0.2) is 0 Å². The number of aliphatic hydroxyl groups excluding tert-OH is 1. The van der Waals surface area contributed by atoms with Crippen molar-refractivity contribution in [1.82, 2.24) is 0 Å². The molecule has 1 aromatic rings. The molecule has 0 aliphatic heterocycles. The van der Waals surface area contributed by atoms with Crippen molar-refractivity contribution in [2.24, 2.45) is 5.41 Å². The van der Waals surface area contributed by atoms with E-state index >= 15 is 0 Å². The van der Waals surface area contributed by atoms with Crippen LogP contribution in [0.3, 0.4) is 0 Å². The first-order chi connectivity index (χ1) is 7.79. The second kappa shape index (κ2) is 6.81. The summed E-state index contributed by atoms with van der Waals surface area (Å²) in [5, 5.41) is 16.7. The molecule has 0 heterocycles. The van der Waals surface area contributed by atoms with Crippen LogP contribution in [0, 0.1) is 5.41 Å². The van der Waals surface area contributed by atoms with Gasteiger partial charge in [0.15, 0.2) is 5.78 Å². The topological polar surface area (TPSA) is 74.6 Å². The summed E-state index contributed by atoms with van der Waals surface area (Å²) in [5.41, 5.74) is -0.0231. The molecule has 0 saturated carbocycles. The number of hydrogen-bond donors (Lipinski definition) is 2. The van der Waals surface area contributed by atoms with Crippen molar-refractivity contribution < 1.29 is 19.8 Å². The number of benzene rings is 1. The molecule has 0 spiro atoms. The smallest absolute Gasteiger partial charge is 0.308 e. The van der Waals surface area contributed by atoms with Gasteiger partial charge in [-0.15, -0.1) is 0 Å². The summed E-state index contributed by atoms with van der Waals surface area (Å²) >= 11 is 0. The fourth-order valence-corrected chi connectivity index (χ4v) is 0.715. The van der Waals surface area contributed by atoms with Crippen LogP contribution in [0.15, 0.2) is 30.3 Å². The summed E-state index contributed by atoms with van der Waals surface area (Å²) in [4.78, 5) is 20.8. The van der Waals surface area contributed by atoms with E-state index in [1.807, 2.05) is 6.07 Å². The first kappa shape index (κ1) is 15.3. The van der Waals surface area contributed by atoms with Crippen LogP contribution < -0.4 is 0 Å². The lowest BCUT2D eigenvalue weighted by Crippen LogP contribution is -2.18. The molecular formula is C13H18O4. The lowest BCUT2D eigenvalue weighted by atomic mass is 9.98. The number of hydrogen-bond acceptors (Lipinski definition) is 3. The SMILES string of the molecule is CC(C)(C)C(=O)O.O=C(CO)c1ccccc1. The Labute approximate surface area is 101 Å². The summed E-state index contributed by atoms with van der Waals surface area (Å²) in [6.07, 6.45) is 0. The van der Waals surface area contributed by atoms with Crippen molar-refractivity contribution in [1.29, 1.82) is 0 Å². The first-order valence-electron chi connectivity index (χ1n) is 5.21. The normalized spacial score (nSPS) is 10.1. The highest BCUT2D eigenvalue weighted by atomic mass is 16.4. The molecule has 1 rings (SSSR count). The zero-order valence-corrected chi connectivity index (χ0v) is 10.3. The molecule has 4 nitrogen and oxygen atoms in total. The van der Waals surface area contributed by atoms with Gasteiger partial charge in [0.25, 0.3) is 0 Å². The third-order valence-electron chi connectivity index (χ3n) is 1.88. The van der Waals surface area contributed by atoms with Crippen LogP contribution in [0.25, 0.3) is 0 Å². The van der Waals surface area contributed by atoms with Crippen molar-refractivity contribution in [3.05, 3.63) is 35.9 Å². The number of carboxylic acid groups (broad SMARTS) is 1. The van der Waals surface area contributed by atoms with E-state index in [2.05, 4.69) is 0 Å². The summed E-state index contributed by atoms with van der Waals surface area (Å²) in [6, 6.07) is 8.72. The molecule has 17 heavy (non-hydrogen) atoms. The molecule has 94 valence electrons. The van der Waals surface area contributed by atoms with Crippen LogP contribution in [-0.4, -0.2) is 28.6 Å².